The standard InChI is InChI=1S/C19H22N2O5/c1-24-14-6-4-5-13(11-14)9-10-20-18(22)19(23)21-16-12-15(25-2)7-8-17(16)26-3/h4-8,11-12H,9-10H2,1-3H3,(H,20,22)(H,21,23). The lowest BCUT2D eigenvalue weighted by Gasteiger charge is -2.12. The van der Waals surface area contributed by atoms with Gasteiger partial charge in [0.2, 0.25) is 0 Å². The number of methoxy groups -OCH3 is 3. The summed E-state index contributed by atoms with van der Waals surface area (Å²) in [5, 5.41) is 5.12. The first-order valence-corrected chi connectivity index (χ1v) is 8.01. The van der Waals surface area contributed by atoms with Crippen molar-refractivity contribution in [2.45, 2.75) is 6.42 Å². The molecule has 0 atom stereocenters. The minimum Gasteiger partial charge on any atom is -0.497 e. The molecule has 2 N–H and O–H groups in total. The summed E-state index contributed by atoms with van der Waals surface area (Å²) in [5.74, 6) is 0.222. The molecular formula is C19H22N2O5. The maximum Gasteiger partial charge on any atom is 0.313 e. The number of rotatable bonds is 7. The summed E-state index contributed by atoms with van der Waals surface area (Å²) in [4.78, 5) is 24.1. The molecule has 2 aromatic carbocycles. The van der Waals surface area contributed by atoms with Crippen LogP contribution in [0.1, 0.15) is 5.56 Å². The van der Waals surface area contributed by atoms with Gasteiger partial charge in [0.25, 0.3) is 0 Å². The van der Waals surface area contributed by atoms with Gasteiger partial charge in [-0.25, -0.2) is 0 Å². The molecule has 0 aromatic heterocycles. The molecule has 0 aliphatic rings. The Balaban J connectivity index is 1.90. The molecule has 2 rings (SSSR count). The minimum absolute atomic E-state index is 0.328. The molecule has 0 radical (unpaired) electrons. The lowest BCUT2D eigenvalue weighted by atomic mass is 10.1. The average molecular weight is 358 g/mol. The number of carbonyl (C=O) groups excluding carboxylic acids is 2. The van der Waals surface area contributed by atoms with Crippen molar-refractivity contribution in [2.75, 3.05) is 33.2 Å². The molecule has 0 saturated carbocycles. The van der Waals surface area contributed by atoms with E-state index in [1.54, 1.807) is 25.3 Å². The molecule has 7 nitrogen and oxygen atoms in total. The zero-order valence-corrected chi connectivity index (χ0v) is 15.0. The molecule has 0 unspecified atom stereocenters. The smallest absolute Gasteiger partial charge is 0.313 e. The van der Waals surface area contributed by atoms with Gasteiger partial charge in [0.05, 0.1) is 27.0 Å². The highest BCUT2D eigenvalue weighted by Crippen LogP contribution is 2.28. The number of hydrogen-bond acceptors (Lipinski definition) is 5. The Morgan fingerprint density at radius 1 is 0.885 bits per heavy atom. The van der Waals surface area contributed by atoms with E-state index in [1.165, 1.54) is 14.2 Å². The van der Waals surface area contributed by atoms with Crippen molar-refractivity contribution >= 4 is 17.5 Å². The van der Waals surface area contributed by atoms with Crippen molar-refractivity contribution in [1.82, 2.24) is 5.32 Å². The number of anilines is 1. The third kappa shape index (κ3) is 5.14. The van der Waals surface area contributed by atoms with Crippen LogP contribution in [0.3, 0.4) is 0 Å². The number of hydrogen-bond donors (Lipinski definition) is 2. The van der Waals surface area contributed by atoms with Crippen molar-refractivity contribution in [3.63, 3.8) is 0 Å². The van der Waals surface area contributed by atoms with Crippen molar-refractivity contribution in [3.8, 4) is 17.2 Å². The first-order valence-electron chi connectivity index (χ1n) is 8.01. The quantitative estimate of drug-likeness (QED) is 0.740. The normalized spacial score (nSPS) is 9.96. The van der Waals surface area contributed by atoms with Gasteiger partial charge in [-0.2, -0.15) is 0 Å². The van der Waals surface area contributed by atoms with Crippen LogP contribution in [0.25, 0.3) is 0 Å². The number of benzene rings is 2. The molecule has 138 valence electrons. The molecule has 0 bridgehead atoms. The molecule has 0 aliphatic carbocycles. The largest absolute Gasteiger partial charge is 0.497 e. The van der Waals surface area contributed by atoms with Crippen LogP contribution < -0.4 is 24.8 Å². The van der Waals surface area contributed by atoms with E-state index in [9.17, 15) is 9.59 Å². The van der Waals surface area contributed by atoms with Gasteiger partial charge in [-0.1, -0.05) is 12.1 Å². The van der Waals surface area contributed by atoms with E-state index in [2.05, 4.69) is 10.6 Å². The highest BCUT2D eigenvalue weighted by Gasteiger charge is 2.16. The van der Waals surface area contributed by atoms with E-state index in [0.29, 0.717) is 30.2 Å². The van der Waals surface area contributed by atoms with Gasteiger partial charge in [0, 0.05) is 12.6 Å². The maximum atomic E-state index is 12.1. The van der Waals surface area contributed by atoms with Gasteiger partial charge in [-0.3, -0.25) is 9.59 Å². The third-order valence-corrected chi connectivity index (χ3v) is 3.69. The van der Waals surface area contributed by atoms with Gasteiger partial charge in [-0.15, -0.1) is 0 Å². The SMILES string of the molecule is COc1cccc(CCNC(=O)C(=O)Nc2cc(OC)ccc2OC)c1. The Labute approximate surface area is 152 Å². The predicted octanol–water partition coefficient (Wildman–Crippen LogP) is 2.01. The molecule has 7 heteroatoms. The van der Waals surface area contributed by atoms with Crippen LogP contribution in [0.2, 0.25) is 0 Å². The van der Waals surface area contributed by atoms with E-state index in [1.807, 2.05) is 24.3 Å². The van der Waals surface area contributed by atoms with Crippen LogP contribution in [-0.2, 0) is 16.0 Å². The fraction of sp³-hybridized carbons (Fsp3) is 0.263. The highest BCUT2D eigenvalue weighted by atomic mass is 16.5. The number of ether oxygens (including phenoxy) is 3. The number of carbonyl (C=O) groups is 2. The highest BCUT2D eigenvalue weighted by molar-refractivity contribution is 6.39. The van der Waals surface area contributed by atoms with E-state index < -0.39 is 11.8 Å². The summed E-state index contributed by atoms with van der Waals surface area (Å²) >= 11 is 0. The zero-order valence-electron chi connectivity index (χ0n) is 15.0. The minimum atomic E-state index is -0.776. The molecule has 26 heavy (non-hydrogen) atoms. The van der Waals surface area contributed by atoms with Crippen LogP contribution >= 0.6 is 0 Å². The van der Waals surface area contributed by atoms with Crippen molar-refractivity contribution in [3.05, 3.63) is 48.0 Å². The molecule has 0 heterocycles. The number of amides is 2. The second-order valence-corrected chi connectivity index (χ2v) is 5.38. The second kappa shape index (κ2) is 9.31. The topological polar surface area (TPSA) is 85.9 Å². The Morgan fingerprint density at radius 2 is 1.62 bits per heavy atom. The van der Waals surface area contributed by atoms with Gasteiger partial charge in [0.15, 0.2) is 0 Å². The molecule has 0 saturated heterocycles. The third-order valence-electron chi connectivity index (χ3n) is 3.69. The molecule has 2 amide bonds. The monoisotopic (exact) mass is 358 g/mol. The first-order chi connectivity index (χ1) is 12.6. The van der Waals surface area contributed by atoms with Crippen LogP contribution in [0, 0.1) is 0 Å². The van der Waals surface area contributed by atoms with Crippen LogP contribution in [0.5, 0.6) is 17.2 Å². The van der Waals surface area contributed by atoms with E-state index in [4.69, 9.17) is 14.2 Å². The second-order valence-electron chi connectivity index (χ2n) is 5.38. The molecule has 2 aromatic rings. The number of nitrogens with one attached hydrogen (secondary N) is 2. The summed E-state index contributed by atoms with van der Waals surface area (Å²) in [7, 11) is 4.59. The summed E-state index contributed by atoms with van der Waals surface area (Å²) in [6.45, 7) is 0.328. The van der Waals surface area contributed by atoms with Crippen LogP contribution in [-0.4, -0.2) is 39.7 Å². The van der Waals surface area contributed by atoms with Crippen molar-refractivity contribution in [1.29, 1.82) is 0 Å². The Hall–Kier alpha value is -3.22. The van der Waals surface area contributed by atoms with E-state index in [-0.39, 0.29) is 0 Å². The van der Waals surface area contributed by atoms with E-state index in [0.717, 1.165) is 11.3 Å². The maximum absolute atomic E-state index is 12.1. The van der Waals surface area contributed by atoms with Gasteiger partial charge >= 0.3 is 11.8 Å². The molecule has 0 aliphatic heterocycles. The predicted molar refractivity (Wildman–Crippen MR) is 97.9 cm³/mol. The fourth-order valence-corrected chi connectivity index (χ4v) is 2.32. The molecule has 0 fully saturated rings. The average Bonchev–Trinajstić information content (AvgIpc) is 2.67. The summed E-state index contributed by atoms with van der Waals surface area (Å²) in [6, 6.07) is 12.5. The summed E-state index contributed by atoms with van der Waals surface area (Å²) in [6.07, 6.45) is 0.582. The van der Waals surface area contributed by atoms with Crippen molar-refractivity contribution in [2.24, 2.45) is 0 Å². The van der Waals surface area contributed by atoms with Gasteiger partial charge in [-0.05, 0) is 36.2 Å². The Kier molecular flexibility index (Phi) is 6.84. The lowest BCUT2D eigenvalue weighted by Crippen LogP contribution is -2.36. The zero-order chi connectivity index (χ0) is 18.9. The Morgan fingerprint density at radius 3 is 2.31 bits per heavy atom. The summed E-state index contributed by atoms with van der Waals surface area (Å²) < 4.78 is 15.4. The molecular weight excluding hydrogens is 336 g/mol. The Bertz CT molecular complexity index is 776. The fourth-order valence-electron chi connectivity index (χ4n) is 2.32. The van der Waals surface area contributed by atoms with Crippen LogP contribution in [0.4, 0.5) is 5.69 Å². The van der Waals surface area contributed by atoms with Gasteiger partial charge in [0.1, 0.15) is 17.2 Å². The van der Waals surface area contributed by atoms with E-state index >= 15 is 0 Å². The van der Waals surface area contributed by atoms with Gasteiger partial charge < -0.3 is 24.8 Å². The lowest BCUT2D eigenvalue weighted by molar-refractivity contribution is -0.136. The summed E-state index contributed by atoms with van der Waals surface area (Å²) in [5.41, 5.74) is 1.36. The molecule has 0 spiro atoms. The van der Waals surface area contributed by atoms with Crippen LogP contribution in [0.15, 0.2) is 42.5 Å². The first kappa shape index (κ1) is 19.1. The van der Waals surface area contributed by atoms with Crippen molar-refractivity contribution < 1.29 is 23.8 Å².